The molecule has 170 valence electrons. The Kier molecular flexibility index (Phi) is 6.63. The second-order valence-electron chi connectivity index (χ2n) is 8.43. The van der Waals surface area contributed by atoms with Crippen LogP contribution in [-0.2, 0) is 4.79 Å². The van der Waals surface area contributed by atoms with Crippen LogP contribution in [0.4, 0.5) is 10.2 Å². The minimum absolute atomic E-state index is 0.00513. The number of carbonyl (C=O) groups is 1. The van der Waals surface area contributed by atoms with Crippen LogP contribution in [0.2, 0.25) is 5.02 Å². The number of anilines is 1. The summed E-state index contributed by atoms with van der Waals surface area (Å²) in [5, 5.41) is 7.20. The van der Waals surface area contributed by atoms with Crippen molar-refractivity contribution in [2.75, 3.05) is 11.9 Å². The third-order valence-corrected chi connectivity index (χ3v) is 7.48. The van der Waals surface area contributed by atoms with Crippen LogP contribution in [0, 0.1) is 11.7 Å². The minimum atomic E-state index is -0.513. The highest BCUT2D eigenvalue weighted by atomic mass is 35.5. The number of H-pyrrole nitrogens is 1. The minimum Gasteiger partial charge on any atom is -0.365 e. The summed E-state index contributed by atoms with van der Waals surface area (Å²) in [4.78, 5) is 28.4. The van der Waals surface area contributed by atoms with Crippen molar-refractivity contribution in [2.45, 2.75) is 50.7 Å². The van der Waals surface area contributed by atoms with Crippen molar-refractivity contribution in [3.63, 3.8) is 0 Å². The number of halogens is 2. The number of hydrogen-bond acceptors (Lipinski definition) is 5. The highest BCUT2D eigenvalue weighted by Crippen LogP contribution is 2.43. The van der Waals surface area contributed by atoms with Gasteiger partial charge >= 0.3 is 0 Å². The third kappa shape index (κ3) is 4.57. The summed E-state index contributed by atoms with van der Waals surface area (Å²) in [6.07, 6.45) is 7.95. The topological polar surface area (TPSA) is 95.6 Å². The van der Waals surface area contributed by atoms with Crippen LogP contribution < -0.4 is 10.6 Å². The van der Waals surface area contributed by atoms with Gasteiger partial charge in [-0.15, -0.1) is 9.24 Å². The monoisotopic (exact) mass is 476 g/mol. The van der Waals surface area contributed by atoms with Crippen molar-refractivity contribution in [1.82, 2.24) is 25.3 Å². The van der Waals surface area contributed by atoms with Crippen molar-refractivity contribution in [3.8, 4) is 11.4 Å². The van der Waals surface area contributed by atoms with Crippen molar-refractivity contribution >= 4 is 43.6 Å². The number of nitrogens with zero attached hydrogens (tertiary/aromatic N) is 3. The molecule has 3 N–H and O–H groups in total. The molecule has 7 nitrogen and oxygen atoms in total. The molecule has 1 saturated carbocycles. The van der Waals surface area contributed by atoms with Gasteiger partial charge in [0.05, 0.1) is 11.2 Å². The van der Waals surface area contributed by atoms with Gasteiger partial charge in [0, 0.05) is 41.8 Å². The molecule has 4 rings (SSSR count). The molecule has 1 aliphatic carbocycles. The van der Waals surface area contributed by atoms with Gasteiger partial charge in [-0.1, -0.05) is 24.9 Å². The number of carbonyl (C=O) groups excluding carboxylic acids is 1. The zero-order valence-corrected chi connectivity index (χ0v) is 20.0. The Hall–Kier alpha value is -2.31. The smallest absolute Gasteiger partial charge is 0.223 e. The summed E-state index contributed by atoms with van der Waals surface area (Å²) < 4.78 is 14.6. The van der Waals surface area contributed by atoms with E-state index in [4.69, 9.17) is 11.6 Å². The summed E-state index contributed by atoms with van der Waals surface area (Å²) in [5.74, 6) is -0.0878. The van der Waals surface area contributed by atoms with E-state index in [0.717, 1.165) is 31.1 Å². The van der Waals surface area contributed by atoms with Gasteiger partial charge < -0.3 is 15.6 Å². The number of amides is 1. The molecule has 0 bridgehead atoms. The van der Waals surface area contributed by atoms with Crippen LogP contribution in [0.1, 0.15) is 39.5 Å². The second kappa shape index (κ2) is 9.28. The number of rotatable bonds is 6. The van der Waals surface area contributed by atoms with E-state index in [1.54, 1.807) is 18.5 Å². The van der Waals surface area contributed by atoms with E-state index in [2.05, 4.69) is 39.8 Å². The first-order valence-electron chi connectivity index (χ1n) is 10.8. The fourth-order valence-corrected chi connectivity index (χ4v) is 5.20. The summed E-state index contributed by atoms with van der Waals surface area (Å²) in [6, 6.07) is 1.77. The maximum Gasteiger partial charge on any atom is 0.223 e. The first-order valence-corrected chi connectivity index (χ1v) is 11.7. The van der Waals surface area contributed by atoms with Crippen LogP contribution in [0.25, 0.3) is 22.4 Å². The molecule has 3 aromatic rings. The third-order valence-electron chi connectivity index (χ3n) is 6.25. The summed E-state index contributed by atoms with van der Waals surface area (Å²) in [7, 11) is 2.89. The standard InChI is InChI=1S/C22H27ClFN6OP/c1-3-25-21(31)12(2)22(32)6-4-5-14(8-22)29-20-17(24)11-28-19(30-20)16-10-27-18-15(16)7-13(23)9-26-18/h7,9-12,14H,3-6,8,32H2,1-2H3,(H,25,31)(H,26,27)(H,28,29,30)/t12-,14?,22+/m1/s1. The Morgan fingerprint density at radius 2 is 2.25 bits per heavy atom. The van der Waals surface area contributed by atoms with Crippen LogP contribution in [0.15, 0.2) is 24.7 Å². The van der Waals surface area contributed by atoms with Crippen LogP contribution in [-0.4, -0.2) is 43.6 Å². The van der Waals surface area contributed by atoms with E-state index in [1.807, 2.05) is 13.8 Å². The number of fused-ring (bicyclic) bond motifs is 1. The summed E-state index contributed by atoms with van der Waals surface area (Å²) >= 11 is 6.09. The first-order chi connectivity index (χ1) is 15.3. The molecular weight excluding hydrogens is 450 g/mol. The lowest BCUT2D eigenvalue weighted by Gasteiger charge is -2.42. The zero-order chi connectivity index (χ0) is 22.9. The molecular formula is C22H27ClFN6OP. The van der Waals surface area contributed by atoms with Crippen molar-refractivity contribution < 1.29 is 9.18 Å². The highest BCUT2D eigenvalue weighted by molar-refractivity contribution is 7.19. The largest absolute Gasteiger partial charge is 0.365 e. The lowest BCUT2D eigenvalue weighted by atomic mass is 9.77. The molecule has 1 aliphatic rings. The number of nitrogens with one attached hydrogen (secondary N) is 3. The first kappa shape index (κ1) is 22.9. The van der Waals surface area contributed by atoms with Crippen LogP contribution >= 0.6 is 20.8 Å². The molecule has 1 amide bonds. The van der Waals surface area contributed by atoms with Crippen molar-refractivity contribution in [1.29, 1.82) is 0 Å². The van der Waals surface area contributed by atoms with Gasteiger partial charge in [0.1, 0.15) is 5.65 Å². The fourth-order valence-electron chi connectivity index (χ4n) is 4.40. The van der Waals surface area contributed by atoms with Crippen molar-refractivity contribution in [2.24, 2.45) is 5.92 Å². The molecule has 0 spiro atoms. The Morgan fingerprint density at radius 3 is 3.03 bits per heavy atom. The molecule has 3 heterocycles. The lowest BCUT2D eigenvalue weighted by molar-refractivity contribution is -0.125. The van der Waals surface area contributed by atoms with Crippen molar-refractivity contribution in [3.05, 3.63) is 35.5 Å². The summed E-state index contributed by atoms with van der Waals surface area (Å²) in [6.45, 7) is 4.48. The molecule has 0 radical (unpaired) electrons. The van der Waals surface area contributed by atoms with E-state index in [-0.39, 0.29) is 28.8 Å². The molecule has 32 heavy (non-hydrogen) atoms. The maximum absolute atomic E-state index is 14.6. The van der Waals surface area contributed by atoms with E-state index in [0.29, 0.717) is 28.6 Å². The van der Waals surface area contributed by atoms with Gasteiger partial charge in [-0.2, -0.15) is 0 Å². The lowest BCUT2D eigenvalue weighted by Crippen LogP contribution is -2.46. The Bertz CT molecular complexity index is 1140. The summed E-state index contributed by atoms with van der Waals surface area (Å²) in [5.41, 5.74) is 1.36. The average Bonchev–Trinajstić information content (AvgIpc) is 3.18. The predicted octanol–water partition coefficient (Wildman–Crippen LogP) is 4.55. The van der Waals surface area contributed by atoms with Crippen LogP contribution in [0.5, 0.6) is 0 Å². The van der Waals surface area contributed by atoms with Gasteiger partial charge in [0.2, 0.25) is 5.91 Å². The van der Waals surface area contributed by atoms with E-state index < -0.39 is 5.82 Å². The molecule has 0 aromatic carbocycles. The number of aromatic nitrogens is 4. The van der Waals surface area contributed by atoms with E-state index in [9.17, 15) is 9.18 Å². The molecule has 1 fully saturated rings. The Morgan fingerprint density at radius 1 is 1.44 bits per heavy atom. The second-order valence-corrected chi connectivity index (χ2v) is 10.0. The zero-order valence-electron chi connectivity index (χ0n) is 18.1. The van der Waals surface area contributed by atoms with Crippen LogP contribution in [0.3, 0.4) is 0 Å². The maximum atomic E-state index is 14.6. The van der Waals surface area contributed by atoms with E-state index >= 15 is 0 Å². The molecule has 10 heteroatoms. The predicted molar refractivity (Wildman–Crippen MR) is 128 cm³/mol. The fraction of sp³-hybridized carbons (Fsp3) is 0.455. The SMILES string of the molecule is CCNC(=O)[C@@H](C)[C@]1(P)CCCC(Nc2nc(-c3c[nH]c4ncc(Cl)cc34)ncc2F)C1. The van der Waals surface area contributed by atoms with Gasteiger partial charge in [-0.05, 0) is 37.4 Å². The number of aromatic amines is 1. The molecule has 2 unspecified atom stereocenters. The normalized spacial score (nSPS) is 22.0. The van der Waals surface area contributed by atoms with Gasteiger partial charge in [-0.25, -0.2) is 19.3 Å². The van der Waals surface area contributed by atoms with Gasteiger partial charge in [0.25, 0.3) is 0 Å². The molecule has 4 atom stereocenters. The molecule has 0 saturated heterocycles. The molecule has 3 aromatic heterocycles. The average molecular weight is 477 g/mol. The van der Waals surface area contributed by atoms with E-state index in [1.165, 1.54) is 6.20 Å². The highest BCUT2D eigenvalue weighted by Gasteiger charge is 2.40. The molecule has 0 aliphatic heterocycles. The van der Waals surface area contributed by atoms with Gasteiger partial charge in [-0.3, -0.25) is 4.79 Å². The quantitative estimate of drug-likeness (QED) is 0.453. The number of pyridine rings is 1. The van der Waals surface area contributed by atoms with Gasteiger partial charge in [0.15, 0.2) is 17.5 Å². The number of hydrogen-bond donors (Lipinski definition) is 3. The Balaban J connectivity index is 1.57. The Labute approximate surface area is 193 Å².